The highest BCUT2D eigenvalue weighted by molar-refractivity contribution is 7.89. The molecule has 1 aliphatic rings. The van der Waals surface area contributed by atoms with E-state index in [-0.39, 0.29) is 17.2 Å². The Bertz CT molecular complexity index is 907. The van der Waals surface area contributed by atoms with Crippen LogP contribution in [0.1, 0.15) is 31.2 Å². The van der Waals surface area contributed by atoms with Crippen LogP contribution < -0.4 is 10.1 Å². The summed E-state index contributed by atoms with van der Waals surface area (Å²) in [5.41, 5.74) is 0.723. The van der Waals surface area contributed by atoms with Crippen LogP contribution in [0.5, 0.6) is 5.75 Å². The summed E-state index contributed by atoms with van der Waals surface area (Å²) in [6.07, 6.45) is 8.65. The Labute approximate surface area is 171 Å². The van der Waals surface area contributed by atoms with E-state index in [1.54, 1.807) is 37.8 Å². The van der Waals surface area contributed by atoms with Crippen molar-refractivity contribution in [2.45, 2.75) is 43.5 Å². The van der Waals surface area contributed by atoms with Crippen molar-refractivity contribution in [1.29, 1.82) is 0 Å². The summed E-state index contributed by atoms with van der Waals surface area (Å²) in [5.74, 6) is 0.531. The summed E-state index contributed by atoms with van der Waals surface area (Å²) in [4.78, 5) is 16.4. The van der Waals surface area contributed by atoms with Crippen LogP contribution in [-0.4, -0.2) is 54.9 Å². The zero-order valence-electron chi connectivity index (χ0n) is 16.7. The first kappa shape index (κ1) is 21.3. The number of sulfonamides is 1. The topological polar surface area (TPSA) is 93.5 Å². The zero-order chi connectivity index (χ0) is 20.7. The molecule has 3 rings (SSSR count). The highest BCUT2D eigenvalue weighted by Gasteiger charge is 2.27. The molecule has 29 heavy (non-hydrogen) atoms. The van der Waals surface area contributed by atoms with E-state index >= 15 is 0 Å². The third kappa shape index (κ3) is 5.57. The first-order valence-corrected chi connectivity index (χ1v) is 11.3. The van der Waals surface area contributed by atoms with Crippen LogP contribution in [0.25, 0.3) is 0 Å². The fraction of sp³-hybridized carbons (Fsp3) is 0.500. The third-order valence-electron chi connectivity index (χ3n) is 5.05. The van der Waals surface area contributed by atoms with Crippen LogP contribution in [0.15, 0.2) is 41.8 Å². The SMILES string of the molecule is COc1ccc(S(=O)(=O)N2CCCC2)cc1CCC(=O)NCCCn1ccnc1. The van der Waals surface area contributed by atoms with E-state index in [1.165, 1.54) is 4.31 Å². The Morgan fingerprint density at radius 3 is 2.76 bits per heavy atom. The molecule has 0 spiro atoms. The number of benzene rings is 1. The Morgan fingerprint density at radius 2 is 2.07 bits per heavy atom. The molecule has 1 fully saturated rings. The molecule has 0 bridgehead atoms. The Hall–Kier alpha value is -2.39. The second-order valence-electron chi connectivity index (χ2n) is 7.09. The smallest absolute Gasteiger partial charge is 0.243 e. The Balaban J connectivity index is 1.55. The second kappa shape index (κ2) is 9.89. The van der Waals surface area contributed by atoms with Crippen LogP contribution in [0.2, 0.25) is 0 Å². The standard InChI is InChI=1S/C20H28N4O4S/c1-28-19-7-6-18(29(26,27)24-12-2-3-13-24)15-17(19)5-8-20(25)22-9-4-11-23-14-10-21-16-23/h6-7,10,14-16H,2-5,8-9,11-13H2,1H3,(H,22,25). The number of aromatic nitrogens is 2. The molecule has 1 aliphatic heterocycles. The number of rotatable bonds is 10. The van der Waals surface area contributed by atoms with Gasteiger partial charge in [0, 0.05) is 45.0 Å². The van der Waals surface area contributed by atoms with Gasteiger partial charge in [-0.1, -0.05) is 0 Å². The fourth-order valence-electron chi connectivity index (χ4n) is 3.43. The summed E-state index contributed by atoms with van der Waals surface area (Å²) < 4.78 is 34.4. The minimum Gasteiger partial charge on any atom is -0.496 e. The molecule has 1 amide bonds. The number of aryl methyl sites for hydroxylation is 2. The quantitative estimate of drug-likeness (QED) is 0.592. The third-order valence-corrected chi connectivity index (χ3v) is 6.95. The van der Waals surface area contributed by atoms with Crippen molar-refractivity contribution >= 4 is 15.9 Å². The number of methoxy groups -OCH3 is 1. The highest BCUT2D eigenvalue weighted by atomic mass is 32.2. The lowest BCUT2D eigenvalue weighted by atomic mass is 10.1. The van der Waals surface area contributed by atoms with Crippen LogP contribution in [0.4, 0.5) is 0 Å². The van der Waals surface area contributed by atoms with Crippen molar-refractivity contribution in [3.8, 4) is 5.75 Å². The van der Waals surface area contributed by atoms with Crippen molar-refractivity contribution in [3.63, 3.8) is 0 Å². The van der Waals surface area contributed by atoms with Gasteiger partial charge in [-0.2, -0.15) is 4.31 Å². The molecule has 8 nitrogen and oxygen atoms in total. The van der Waals surface area contributed by atoms with Gasteiger partial charge < -0.3 is 14.6 Å². The van der Waals surface area contributed by atoms with Gasteiger partial charge in [-0.3, -0.25) is 4.79 Å². The maximum absolute atomic E-state index is 12.8. The largest absolute Gasteiger partial charge is 0.496 e. The number of carbonyl (C=O) groups excluding carboxylic acids is 1. The molecule has 0 aliphatic carbocycles. The van der Waals surface area contributed by atoms with Gasteiger partial charge in [0.2, 0.25) is 15.9 Å². The molecule has 0 unspecified atom stereocenters. The van der Waals surface area contributed by atoms with Gasteiger partial charge in [-0.25, -0.2) is 13.4 Å². The molecule has 0 radical (unpaired) electrons. The van der Waals surface area contributed by atoms with Crippen LogP contribution in [0, 0.1) is 0 Å². The first-order chi connectivity index (χ1) is 14.0. The predicted octanol–water partition coefficient (Wildman–Crippen LogP) is 1.82. The molecule has 1 aromatic carbocycles. The minimum absolute atomic E-state index is 0.0644. The second-order valence-corrected chi connectivity index (χ2v) is 9.03. The molecular formula is C20H28N4O4S. The normalized spacial score (nSPS) is 14.8. The molecule has 9 heteroatoms. The summed E-state index contributed by atoms with van der Waals surface area (Å²) >= 11 is 0. The summed E-state index contributed by atoms with van der Waals surface area (Å²) in [5, 5.41) is 2.90. The summed E-state index contributed by atoms with van der Waals surface area (Å²) in [6.45, 7) is 2.50. The molecular weight excluding hydrogens is 392 g/mol. The fourth-order valence-corrected chi connectivity index (χ4v) is 5.00. The molecule has 1 aromatic heterocycles. The van der Waals surface area contributed by atoms with Crippen LogP contribution in [0.3, 0.4) is 0 Å². The van der Waals surface area contributed by atoms with E-state index in [0.29, 0.717) is 31.8 Å². The lowest BCUT2D eigenvalue weighted by Gasteiger charge is -2.17. The average molecular weight is 421 g/mol. The van der Waals surface area contributed by atoms with Gasteiger partial charge in [0.15, 0.2) is 0 Å². The number of ether oxygens (including phenoxy) is 1. The lowest BCUT2D eigenvalue weighted by Crippen LogP contribution is -2.28. The molecule has 1 N–H and O–H groups in total. The Morgan fingerprint density at radius 1 is 1.28 bits per heavy atom. The molecule has 2 aromatic rings. The average Bonchev–Trinajstić information content (AvgIpc) is 3.43. The first-order valence-electron chi connectivity index (χ1n) is 9.90. The van der Waals surface area contributed by atoms with E-state index in [2.05, 4.69) is 10.3 Å². The summed E-state index contributed by atoms with van der Waals surface area (Å²) in [7, 11) is -1.95. The minimum atomic E-state index is -3.49. The molecule has 2 heterocycles. The van der Waals surface area contributed by atoms with Gasteiger partial charge >= 0.3 is 0 Å². The van der Waals surface area contributed by atoms with E-state index < -0.39 is 10.0 Å². The number of carbonyl (C=O) groups is 1. The summed E-state index contributed by atoms with van der Waals surface area (Å²) in [6, 6.07) is 4.88. The zero-order valence-corrected chi connectivity index (χ0v) is 17.5. The molecule has 0 atom stereocenters. The number of nitrogens with zero attached hydrogens (tertiary/aromatic N) is 3. The molecule has 158 valence electrons. The highest BCUT2D eigenvalue weighted by Crippen LogP contribution is 2.27. The van der Waals surface area contributed by atoms with Crippen molar-refractivity contribution in [1.82, 2.24) is 19.2 Å². The van der Waals surface area contributed by atoms with Crippen LogP contribution in [-0.2, 0) is 27.8 Å². The van der Waals surface area contributed by atoms with Crippen LogP contribution >= 0.6 is 0 Å². The number of hydrogen-bond donors (Lipinski definition) is 1. The van der Waals surface area contributed by atoms with E-state index in [4.69, 9.17) is 4.74 Å². The lowest BCUT2D eigenvalue weighted by molar-refractivity contribution is -0.121. The Kier molecular flexibility index (Phi) is 7.27. The van der Waals surface area contributed by atoms with Gasteiger partial charge in [-0.15, -0.1) is 0 Å². The van der Waals surface area contributed by atoms with Gasteiger partial charge in [-0.05, 0) is 49.4 Å². The molecule has 1 saturated heterocycles. The monoisotopic (exact) mass is 420 g/mol. The van der Waals surface area contributed by atoms with Gasteiger partial charge in [0.1, 0.15) is 5.75 Å². The van der Waals surface area contributed by atoms with Crippen molar-refractivity contribution < 1.29 is 17.9 Å². The van der Waals surface area contributed by atoms with Gasteiger partial charge in [0.05, 0.1) is 18.3 Å². The van der Waals surface area contributed by atoms with Crippen molar-refractivity contribution in [3.05, 3.63) is 42.5 Å². The van der Waals surface area contributed by atoms with Crippen molar-refractivity contribution in [2.24, 2.45) is 0 Å². The van der Waals surface area contributed by atoms with E-state index in [9.17, 15) is 13.2 Å². The van der Waals surface area contributed by atoms with E-state index in [0.717, 1.165) is 31.4 Å². The van der Waals surface area contributed by atoms with Crippen molar-refractivity contribution in [2.75, 3.05) is 26.7 Å². The number of imidazole rings is 1. The predicted molar refractivity (Wildman–Crippen MR) is 109 cm³/mol. The maximum Gasteiger partial charge on any atom is 0.243 e. The number of nitrogens with one attached hydrogen (secondary N) is 1. The number of hydrogen-bond acceptors (Lipinski definition) is 5. The number of amides is 1. The maximum atomic E-state index is 12.8. The van der Waals surface area contributed by atoms with E-state index in [1.807, 2.05) is 10.8 Å². The molecule has 0 saturated carbocycles. The van der Waals surface area contributed by atoms with Gasteiger partial charge in [0.25, 0.3) is 0 Å².